The largest absolute Gasteiger partial charge is 0.361 e. The Bertz CT molecular complexity index is 734. The first-order valence-electron chi connectivity index (χ1n) is 5.66. The molecule has 0 aliphatic rings. The quantitative estimate of drug-likeness (QED) is 0.697. The van der Waals surface area contributed by atoms with Crippen LogP contribution in [0.5, 0.6) is 0 Å². The van der Waals surface area contributed by atoms with Crippen LogP contribution >= 0.6 is 23.2 Å². The predicted octanol–water partition coefficient (Wildman–Crippen LogP) is 3.17. The van der Waals surface area contributed by atoms with Crippen molar-refractivity contribution in [2.24, 2.45) is 0 Å². The van der Waals surface area contributed by atoms with Gasteiger partial charge in [-0.05, 0) is 13.0 Å². The van der Waals surface area contributed by atoms with E-state index in [1.807, 2.05) is 17.6 Å². The Morgan fingerprint density at radius 2 is 2.21 bits per heavy atom. The molecule has 0 N–H and O–H groups in total. The topological polar surface area (TPSA) is 56.7 Å². The fraction of sp³-hybridized carbons (Fsp3) is 0.250. The lowest BCUT2D eigenvalue weighted by Gasteiger charge is -2.03. The zero-order chi connectivity index (χ0) is 13.4. The Morgan fingerprint density at radius 3 is 2.89 bits per heavy atom. The second-order valence-electron chi connectivity index (χ2n) is 4.17. The zero-order valence-corrected chi connectivity index (χ0v) is 11.6. The number of pyridine rings is 1. The van der Waals surface area contributed by atoms with Gasteiger partial charge in [-0.15, -0.1) is 11.6 Å². The molecule has 0 radical (unpaired) electrons. The molecular formula is C12H10Cl2N4O. The summed E-state index contributed by atoms with van der Waals surface area (Å²) in [6.45, 7) is 2.37. The molecule has 0 bridgehead atoms. The fourth-order valence-electron chi connectivity index (χ4n) is 1.96. The molecule has 0 spiro atoms. The molecule has 0 fully saturated rings. The van der Waals surface area contributed by atoms with Crippen LogP contribution in [0, 0.1) is 6.92 Å². The Kier molecular flexibility index (Phi) is 3.16. The van der Waals surface area contributed by atoms with Gasteiger partial charge in [0.05, 0.1) is 17.4 Å². The van der Waals surface area contributed by atoms with Crippen LogP contribution in [0.25, 0.3) is 11.2 Å². The van der Waals surface area contributed by atoms with E-state index in [1.54, 1.807) is 12.3 Å². The van der Waals surface area contributed by atoms with Crippen molar-refractivity contribution in [2.45, 2.75) is 19.3 Å². The fourth-order valence-corrected chi connectivity index (χ4v) is 2.31. The van der Waals surface area contributed by atoms with Crippen molar-refractivity contribution < 1.29 is 4.52 Å². The number of rotatable bonds is 3. The molecule has 0 aliphatic carbocycles. The van der Waals surface area contributed by atoms with Crippen LogP contribution in [0.2, 0.25) is 5.02 Å². The highest BCUT2D eigenvalue weighted by Crippen LogP contribution is 2.20. The van der Waals surface area contributed by atoms with Crippen LogP contribution in [0.1, 0.15) is 17.3 Å². The molecular weight excluding hydrogens is 287 g/mol. The summed E-state index contributed by atoms with van der Waals surface area (Å²) in [5, 5.41) is 4.52. The average Bonchev–Trinajstić information content (AvgIpc) is 2.94. The van der Waals surface area contributed by atoms with Crippen molar-refractivity contribution in [3.8, 4) is 0 Å². The Morgan fingerprint density at radius 1 is 1.37 bits per heavy atom. The third-order valence-electron chi connectivity index (χ3n) is 2.75. The lowest BCUT2D eigenvalue weighted by atomic mass is 10.3. The SMILES string of the molecule is Cc1cc(Cn2c(CCl)nc3cc(Cl)cnc32)no1. The van der Waals surface area contributed by atoms with Crippen molar-refractivity contribution in [3.63, 3.8) is 0 Å². The zero-order valence-electron chi connectivity index (χ0n) is 10.1. The summed E-state index contributed by atoms with van der Waals surface area (Å²) in [5.41, 5.74) is 2.27. The van der Waals surface area contributed by atoms with Crippen molar-refractivity contribution in [1.29, 1.82) is 0 Å². The average molecular weight is 297 g/mol. The number of hydrogen-bond acceptors (Lipinski definition) is 4. The van der Waals surface area contributed by atoms with Crippen LogP contribution in [0.3, 0.4) is 0 Å². The smallest absolute Gasteiger partial charge is 0.160 e. The van der Waals surface area contributed by atoms with Gasteiger partial charge in [0.2, 0.25) is 0 Å². The molecule has 0 aromatic carbocycles. The number of fused-ring (bicyclic) bond motifs is 1. The van der Waals surface area contributed by atoms with Gasteiger partial charge in [-0.2, -0.15) is 0 Å². The summed E-state index contributed by atoms with van der Waals surface area (Å²) in [5.74, 6) is 1.79. The minimum absolute atomic E-state index is 0.296. The highest BCUT2D eigenvalue weighted by Gasteiger charge is 2.13. The van der Waals surface area contributed by atoms with Gasteiger partial charge in [-0.3, -0.25) is 0 Å². The molecule has 3 aromatic rings. The minimum Gasteiger partial charge on any atom is -0.361 e. The molecule has 3 heterocycles. The molecule has 0 atom stereocenters. The summed E-state index contributed by atoms with van der Waals surface area (Å²) in [6, 6.07) is 3.64. The summed E-state index contributed by atoms with van der Waals surface area (Å²) >= 11 is 11.8. The normalized spacial score (nSPS) is 11.3. The molecule has 0 saturated heterocycles. The van der Waals surface area contributed by atoms with Crippen molar-refractivity contribution in [1.82, 2.24) is 19.7 Å². The van der Waals surface area contributed by atoms with Gasteiger partial charge >= 0.3 is 0 Å². The standard InChI is InChI=1S/C12H10Cl2N4O/c1-7-2-9(17-19-7)6-18-11(4-13)16-10-3-8(14)5-15-12(10)18/h2-3,5H,4,6H2,1H3. The highest BCUT2D eigenvalue weighted by atomic mass is 35.5. The van der Waals surface area contributed by atoms with Gasteiger partial charge in [-0.1, -0.05) is 16.8 Å². The van der Waals surface area contributed by atoms with E-state index in [2.05, 4.69) is 15.1 Å². The van der Waals surface area contributed by atoms with Gasteiger partial charge in [0.25, 0.3) is 0 Å². The summed E-state index contributed by atoms with van der Waals surface area (Å²) in [7, 11) is 0. The molecule has 98 valence electrons. The molecule has 5 nitrogen and oxygen atoms in total. The molecule has 3 aromatic heterocycles. The molecule has 3 rings (SSSR count). The molecule has 0 unspecified atom stereocenters. The van der Waals surface area contributed by atoms with E-state index in [-0.39, 0.29) is 0 Å². The van der Waals surface area contributed by atoms with Crippen LogP contribution in [-0.4, -0.2) is 19.7 Å². The molecule has 19 heavy (non-hydrogen) atoms. The van der Waals surface area contributed by atoms with E-state index in [9.17, 15) is 0 Å². The first kappa shape index (κ1) is 12.4. The van der Waals surface area contributed by atoms with Gasteiger partial charge in [0.1, 0.15) is 22.8 Å². The van der Waals surface area contributed by atoms with E-state index in [4.69, 9.17) is 27.7 Å². The van der Waals surface area contributed by atoms with Crippen LogP contribution in [0.15, 0.2) is 22.9 Å². The van der Waals surface area contributed by atoms with Crippen LogP contribution < -0.4 is 0 Å². The van der Waals surface area contributed by atoms with E-state index >= 15 is 0 Å². The maximum absolute atomic E-state index is 5.93. The highest BCUT2D eigenvalue weighted by molar-refractivity contribution is 6.31. The van der Waals surface area contributed by atoms with E-state index in [0.29, 0.717) is 17.4 Å². The number of nitrogens with zero attached hydrogens (tertiary/aromatic N) is 4. The number of halogens is 2. The lowest BCUT2D eigenvalue weighted by Crippen LogP contribution is -2.04. The van der Waals surface area contributed by atoms with Gasteiger partial charge < -0.3 is 9.09 Å². The molecule has 0 amide bonds. The van der Waals surface area contributed by atoms with Crippen LogP contribution in [0.4, 0.5) is 0 Å². The van der Waals surface area contributed by atoms with Crippen LogP contribution in [-0.2, 0) is 12.4 Å². The maximum Gasteiger partial charge on any atom is 0.160 e. The van der Waals surface area contributed by atoms with Gasteiger partial charge in [0, 0.05) is 12.3 Å². The number of aryl methyl sites for hydroxylation is 1. The van der Waals surface area contributed by atoms with Crippen molar-refractivity contribution in [2.75, 3.05) is 0 Å². The first-order valence-corrected chi connectivity index (χ1v) is 6.57. The molecule has 0 saturated carbocycles. The van der Waals surface area contributed by atoms with E-state index < -0.39 is 0 Å². The Hall–Kier alpha value is -1.59. The maximum atomic E-state index is 5.93. The number of alkyl halides is 1. The Balaban J connectivity index is 2.10. The second kappa shape index (κ2) is 4.83. The van der Waals surface area contributed by atoms with E-state index in [1.165, 1.54) is 0 Å². The minimum atomic E-state index is 0.296. The molecule has 0 aliphatic heterocycles. The third kappa shape index (κ3) is 2.31. The molecule has 7 heteroatoms. The van der Waals surface area contributed by atoms with E-state index in [0.717, 1.165) is 28.4 Å². The van der Waals surface area contributed by atoms with Gasteiger partial charge in [0.15, 0.2) is 5.65 Å². The third-order valence-corrected chi connectivity index (χ3v) is 3.19. The summed E-state index contributed by atoms with van der Waals surface area (Å²) in [6.07, 6.45) is 1.59. The Labute approximate surface area is 119 Å². The predicted molar refractivity (Wildman–Crippen MR) is 72.4 cm³/mol. The second-order valence-corrected chi connectivity index (χ2v) is 4.88. The van der Waals surface area contributed by atoms with Crippen molar-refractivity contribution in [3.05, 3.63) is 40.6 Å². The number of aromatic nitrogens is 4. The monoisotopic (exact) mass is 296 g/mol. The van der Waals surface area contributed by atoms with Gasteiger partial charge in [-0.25, -0.2) is 9.97 Å². The van der Waals surface area contributed by atoms with Crippen molar-refractivity contribution >= 4 is 34.4 Å². The first-order chi connectivity index (χ1) is 9.17. The number of imidazole rings is 1. The number of hydrogen-bond donors (Lipinski definition) is 0. The lowest BCUT2D eigenvalue weighted by molar-refractivity contribution is 0.389. The summed E-state index contributed by atoms with van der Waals surface area (Å²) < 4.78 is 6.97. The summed E-state index contributed by atoms with van der Waals surface area (Å²) in [4.78, 5) is 8.72.